The maximum Gasteiger partial charge on any atom is 0.416 e. The normalized spacial score (nSPS) is 15.8. The summed E-state index contributed by atoms with van der Waals surface area (Å²) in [4.78, 5) is 25.6. The van der Waals surface area contributed by atoms with Crippen molar-refractivity contribution in [2.24, 2.45) is 0 Å². The van der Waals surface area contributed by atoms with Gasteiger partial charge in [0.05, 0.1) is 15.6 Å². The maximum absolute atomic E-state index is 12.9. The molecule has 3 heterocycles. The molecule has 0 saturated carbocycles. The molecular formula is C20H22F3N5OS. The molecule has 1 aromatic carbocycles. The molecule has 0 atom stereocenters. The third-order valence-corrected chi connectivity index (χ3v) is 6.39. The number of unbranched alkanes of at least 4 members (excludes halogenated alkanes) is 1. The topological polar surface area (TPSA) is 54.3 Å². The first-order chi connectivity index (χ1) is 14.4. The van der Waals surface area contributed by atoms with Crippen LogP contribution in [0, 0.1) is 0 Å². The second-order valence-corrected chi connectivity index (χ2v) is 8.36. The van der Waals surface area contributed by atoms with Crippen molar-refractivity contribution in [3.05, 3.63) is 52.6 Å². The lowest BCUT2D eigenvalue weighted by Gasteiger charge is -2.34. The van der Waals surface area contributed by atoms with E-state index >= 15 is 0 Å². The zero-order valence-electron chi connectivity index (χ0n) is 16.3. The minimum Gasteiger partial charge on any atom is -0.338 e. The van der Waals surface area contributed by atoms with Gasteiger partial charge in [-0.2, -0.15) is 13.2 Å². The molecule has 0 spiro atoms. The van der Waals surface area contributed by atoms with E-state index in [9.17, 15) is 18.0 Å². The van der Waals surface area contributed by atoms with Crippen molar-refractivity contribution >= 4 is 27.6 Å². The van der Waals surface area contributed by atoms with Crippen LogP contribution in [0.1, 0.15) is 18.4 Å². The molecule has 1 saturated heterocycles. The lowest BCUT2D eigenvalue weighted by atomic mass is 10.2. The van der Waals surface area contributed by atoms with E-state index < -0.39 is 11.7 Å². The van der Waals surface area contributed by atoms with E-state index in [4.69, 9.17) is 0 Å². The molecule has 2 aromatic heterocycles. The number of rotatable bonds is 6. The molecule has 30 heavy (non-hydrogen) atoms. The van der Waals surface area contributed by atoms with Gasteiger partial charge in [-0.3, -0.25) is 13.7 Å². The third-order valence-electron chi connectivity index (χ3n) is 5.27. The van der Waals surface area contributed by atoms with Crippen LogP contribution in [-0.2, 0) is 12.7 Å². The minimum absolute atomic E-state index is 0.147. The lowest BCUT2D eigenvalue weighted by molar-refractivity contribution is -0.137. The zero-order valence-corrected chi connectivity index (χ0v) is 17.1. The molecule has 0 aliphatic carbocycles. The number of alkyl halides is 3. The number of aryl methyl sites for hydroxylation is 1. The molecule has 0 N–H and O–H groups in total. The quantitative estimate of drug-likeness (QED) is 0.553. The summed E-state index contributed by atoms with van der Waals surface area (Å²) in [5.74, 6) is 0.759. The fourth-order valence-corrected chi connectivity index (χ4v) is 4.62. The van der Waals surface area contributed by atoms with Gasteiger partial charge >= 0.3 is 6.18 Å². The van der Waals surface area contributed by atoms with E-state index in [1.54, 1.807) is 22.4 Å². The Kier molecular flexibility index (Phi) is 6.05. The molecule has 4 rings (SSSR count). The van der Waals surface area contributed by atoms with Crippen LogP contribution in [0.15, 0.2) is 41.5 Å². The Balaban J connectivity index is 1.26. The number of benzene rings is 1. The fraction of sp³-hybridized carbons (Fsp3) is 0.450. The standard InChI is InChI=1S/C20H22F3N5OS/c21-20(22,23)15-4-5-17-16(14-15)18(29)28(30-17)9-2-1-8-26-10-12-27(13-11-26)19-24-6-3-7-25-19/h3-7,14H,1-2,8-13H2. The Bertz CT molecular complexity index is 1040. The Morgan fingerprint density at radius 1 is 1.00 bits per heavy atom. The number of hydrogen-bond donors (Lipinski definition) is 0. The highest BCUT2D eigenvalue weighted by molar-refractivity contribution is 7.13. The highest BCUT2D eigenvalue weighted by Gasteiger charge is 2.31. The number of hydrogen-bond acceptors (Lipinski definition) is 6. The SMILES string of the molecule is O=c1c2cc(C(F)(F)F)ccc2sn1CCCCN1CCN(c2ncccn2)CC1. The first-order valence-corrected chi connectivity index (χ1v) is 10.6. The molecule has 10 heteroatoms. The van der Waals surface area contributed by atoms with E-state index in [-0.39, 0.29) is 10.9 Å². The monoisotopic (exact) mass is 437 g/mol. The molecule has 1 fully saturated rings. The fourth-order valence-electron chi connectivity index (χ4n) is 3.61. The van der Waals surface area contributed by atoms with Gasteiger partial charge in [0.1, 0.15) is 0 Å². The number of fused-ring (bicyclic) bond motifs is 1. The number of halogens is 3. The highest BCUT2D eigenvalue weighted by Crippen LogP contribution is 2.31. The minimum atomic E-state index is -4.44. The summed E-state index contributed by atoms with van der Waals surface area (Å²) in [6, 6.07) is 5.18. The van der Waals surface area contributed by atoms with Crippen molar-refractivity contribution in [2.45, 2.75) is 25.6 Å². The van der Waals surface area contributed by atoms with Gasteiger partial charge in [0.2, 0.25) is 5.95 Å². The van der Waals surface area contributed by atoms with Crippen LogP contribution >= 0.6 is 11.5 Å². The summed E-state index contributed by atoms with van der Waals surface area (Å²) < 4.78 is 40.8. The predicted octanol–water partition coefficient (Wildman–Crippen LogP) is 3.47. The van der Waals surface area contributed by atoms with E-state index in [1.807, 2.05) is 0 Å². The molecule has 0 unspecified atom stereocenters. The average Bonchev–Trinajstić information content (AvgIpc) is 3.07. The Morgan fingerprint density at radius 2 is 1.70 bits per heavy atom. The van der Waals surface area contributed by atoms with Crippen molar-refractivity contribution in [3.63, 3.8) is 0 Å². The van der Waals surface area contributed by atoms with Crippen LogP contribution < -0.4 is 10.5 Å². The van der Waals surface area contributed by atoms with Gasteiger partial charge in [0.25, 0.3) is 5.56 Å². The Labute approximate surface area is 175 Å². The van der Waals surface area contributed by atoms with Gasteiger partial charge in [-0.05, 0) is 43.7 Å². The van der Waals surface area contributed by atoms with Gasteiger partial charge < -0.3 is 4.90 Å². The van der Waals surface area contributed by atoms with E-state index in [2.05, 4.69) is 19.8 Å². The average molecular weight is 437 g/mol. The molecular weight excluding hydrogens is 415 g/mol. The Hall–Kier alpha value is -2.46. The number of aromatic nitrogens is 3. The second-order valence-electron chi connectivity index (χ2n) is 7.29. The molecule has 6 nitrogen and oxygen atoms in total. The summed E-state index contributed by atoms with van der Waals surface area (Å²) >= 11 is 1.23. The molecule has 1 aliphatic heterocycles. The molecule has 1 aliphatic rings. The maximum atomic E-state index is 12.9. The second kappa shape index (κ2) is 8.73. The molecule has 3 aromatic rings. The van der Waals surface area contributed by atoms with Crippen molar-refractivity contribution in [1.82, 2.24) is 18.8 Å². The van der Waals surface area contributed by atoms with E-state index in [0.29, 0.717) is 11.2 Å². The number of piperazine rings is 1. The molecule has 160 valence electrons. The predicted molar refractivity (Wildman–Crippen MR) is 111 cm³/mol. The van der Waals surface area contributed by atoms with Crippen molar-refractivity contribution in [2.75, 3.05) is 37.6 Å². The van der Waals surface area contributed by atoms with Gasteiger partial charge in [0, 0.05) is 45.1 Å². The van der Waals surface area contributed by atoms with Crippen LogP contribution in [-0.4, -0.2) is 51.5 Å². The van der Waals surface area contributed by atoms with Crippen LogP contribution in [0.25, 0.3) is 10.1 Å². The first-order valence-electron chi connectivity index (χ1n) is 9.87. The summed E-state index contributed by atoms with van der Waals surface area (Å²) in [5.41, 5.74) is -1.12. The van der Waals surface area contributed by atoms with Gasteiger partial charge in [-0.1, -0.05) is 11.5 Å². The summed E-state index contributed by atoms with van der Waals surface area (Å²) in [5, 5.41) is 0.147. The smallest absolute Gasteiger partial charge is 0.338 e. The van der Waals surface area contributed by atoms with Crippen LogP contribution in [0.3, 0.4) is 0 Å². The first kappa shape index (κ1) is 20.8. The van der Waals surface area contributed by atoms with Crippen molar-refractivity contribution in [3.8, 4) is 0 Å². The molecule has 0 radical (unpaired) electrons. The zero-order chi connectivity index (χ0) is 21.1. The van der Waals surface area contributed by atoms with Crippen LogP contribution in [0.4, 0.5) is 19.1 Å². The number of nitrogens with zero attached hydrogens (tertiary/aromatic N) is 5. The Morgan fingerprint density at radius 3 is 2.40 bits per heavy atom. The van der Waals surface area contributed by atoms with Crippen molar-refractivity contribution in [1.29, 1.82) is 0 Å². The summed E-state index contributed by atoms with van der Waals surface area (Å²) in [7, 11) is 0. The van der Waals surface area contributed by atoms with Gasteiger partial charge in [-0.15, -0.1) is 0 Å². The van der Waals surface area contributed by atoms with Crippen LogP contribution in [0.5, 0.6) is 0 Å². The number of anilines is 1. The largest absolute Gasteiger partial charge is 0.416 e. The molecule has 0 bridgehead atoms. The third kappa shape index (κ3) is 4.65. The highest BCUT2D eigenvalue weighted by atomic mass is 32.1. The van der Waals surface area contributed by atoms with Crippen molar-refractivity contribution < 1.29 is 13.2 Å². The van der Waals surface area contributed by atoms with Gasteiger partial charge in [-0.25, -0.2) is 9.97 Å². The van der Waals surface area contributed by atoms with E-state index in [1.165, 1.54) is 17.6 Å². The molecule has 0 amide bonds. The lowest BCUT2D eigenvalue weighted by Crippen LogP contribution is -2.47. The van der Waals surface area contributed by atoms with Gasteiger partial charge in [0.15, 0.2) is 0 Å². The van der Waals surface area contributed by atoms with E-state index in [0.717, 1.165) is 63.6 Å². The van der Waals surface area contributed by atoms with Crippen LogP contribution in [0.2, 0.25) is 0 Å². The summed E-state index contributed by atoms with van der Waals surface area (Å²) in [6.45, 7) is 5.07. The summed E-state index contributed by atoms with van der Waals surface area (Å²) in [6.07, 6.45) is 0.782.